The third-order valence-electron chi connectivity index (χ3n) is 3.64. The van der Waals surface area contributed by atoms with E-state index in [4.69, 9.17) is 5.73 Å². The number of fused-ring (bicyclic) bond motifs is 1. The van der Waals surface area contributed by atoms with Crippen molar-refractivity contribution in [1.82, 2.24) is 0 Å². The van der Waals surface area contributed by atoms with E-state index < -0.39 is 6.10 Å². The largest absolute Gasteiger partial charge is 0.387 e. The standard InChI is InChI=1S/C13H19NO/c1-7-4-10-5-9(3)12(14)13(15)11(10)6-8(7)2/h4,6,9,12-13,15H,5,14H2,1-3H3. The summed E-state index contributed by atoms with van der Waals surface area (Å²) in [5.41, 5.74) is 10.8. The fourth-order valence-electron chi connectivity index (χ4n) is 2.35. The van der Waals surface area contributed by atoms with Crippen molar-refractivity contribution in [3.8, 4) is 0 Å². The second-order valence-electron chi connectivity index (χ2n) is 4.84. The van der Waals surface area contributed by atoms with Crippen LogP contribution in [0, 0.1) is 19.8 Å². The van der Waals surface area contributed by atoms with E-state index in [0.29, 0.717) is 5.92 Å². The molecule has 2 nitrogen and oxygen atoms in total. The van der Waals surface area contributed by atoms with Gasteiger partial charge in [0.25, 0.3) is 0 Å². The molecule has 1 aromatic carbocycles. The Bertz CT molecular complexity index is 386. The quantitative estimate of drug-likeness (QED) is 0.679. The van der Waals surface area contributed by atoms with Crippen LogP contribution in [0.1, 0.15) is 35.3 Å². The maximum atomic E-state index is 10.1. The maximum absolute atomic E-state index is 10.1. The summed E-state index contributed by atoms with van der Waals surface area (Å²) in [7, 11) is 0. The zero-order chi connectivity index (χ0) is 11.2. The van der Waals surface area contributed by atoms with E-state index in [-0.39, 0.29) is 6.04 Å². The van der Waals surface area contributed by atoms with Crippen molar-refractivity contribution >= 4 is 0 Å². The van der Waals surface area contributed by atoms with Gasteiger partial charge in [-0.25, -0.2) is 0 Å². The molecule has 3 atom stereocenters. The molecule has 3 unspecified atom stereocenters. The van der Waals surface area contributed by atoms with E-state index in [0.717, 1.165) is 12.0 Å². The predicted octanol–water partition coefficient (Wildman–Crippen LogP) is 1.86. The SMILES string of the molecule is Cc1cc2c(cc1C)C(O)C(N)C(C)C2. The Kier molecular flexibility index (Phi) is 2.57. The number of benzene rings is 1. The first-order valence-electron chi connectivity index (χ1n) is 5.54. The third kappa shape index (κ3) is 1.68. The summed E-state index contributed by atoms with van der Waals surface area (Å²) < 4.78 is 0. The number of hydrogen-bond donors (Lipinski definition) is 2. The van der Waals surface area contributed by atoms with Crippen molar-refractivity contribution < 1.29 is 5.11 Å². The predicted molar refractivity (Wildman–Crippen MR) is 61.7 cm³/mol. The van der Waals surface area contributed by atoms with Crippen LogP contribution in [0.15, 0.2) is 12.1 Å². The first kappa shape index (κ1) is 10.7. The van der Waals surface area contributed by atoms with Crippen LogP contribution in [0.2, 0.25) is 0 Å². The molecule has 82 valence electrons. The van der Waals surface area contributed by atoms with Gasteiger partial charge >= 0.3 is 0 Å². The zero-order valence-corrected chi connectivity index (χ0v) is 9.62. The van der Waals surface area contributed by atoms with Crippen molar-refractivity contribution in [2.45, 2.75) is 39.3 Å². The molecule has 0 amide bonds. The monoisotopic (exact) mass is 205 g/mol. The minimum atomic E-state index is -0.497. The molecule has 0 bridgehead atoms. The van der Waals surface area contributed by atoms with Gasteiger partial charge in [-0.1, -0.05) is 19.1 Å². The first-order chi connectivity index (χ1) is 7.00. The molecule has 0 aromatic heterocycles. The van der Waals surface area contributed by atoms with Gasteiger partial charge in [0.15, 0.2) is 0 Å². The van der Waals surface area contributed by atoms with Crippen molar-refractivity contribution in [3.05, 3.63) is 34.4 Å². The van der Waals surface area contributed by atoms with Crippen molar-refractivity contribution in [2.75, 3.05) is 0 Å². The highest BCUT2D eigenvalue weighted by atomic mass is 16.3. The summed E-state index contributed by atoms with van der Waals surface area (Å²) in [6.45, 7) is 6.29. The number of aliphatic hydroxyl groups excluding tert-OH is 1. The smallest absolute Gasteiger partial charge is 0.0946 e. The molecule has 0 aliphatic heterocycles. The van der Waals surface area contributed by atoms with E-state index in [1.54, 1.807) is 0 Å². The Morgan fingerprint density at radius 2 is 1.87 bits per heavy atom. The average molecular weight is 205 g/mol. The highest BCUT2D eigenvalue weighted by Gasteiger charge is 2.30. The van der Waals surface area contributed by atoms with Gasteiger partial charge in [0.1, 0.15) is 0 Å². The van der Waals surface area contributed by atoms with E-state index in [9.17, 15) is 5.11 Å². The molecule has 0 fully saturated rings. The van der Waals surface area contributed by atoms with Crippen molar-refractivity contribution in [3.63, 3.8) is 0 Å². The number of aliphatic hydroxyl groups is 1. The Balaban J connectivity index is 2.51. The second-order valence-corrected chi connectivity index (χ2v) is 4.84. The second kappa shape index (κ2) is 3.62. The summed E-state index contributed by atoms with van der Waals surface area (Å²) in [4.78, 5) is 0. The van der Waals surface area contributed by atoms with Gasteiger partial charge in [0.05, 0.1) is 6.10 Å². The lowest BCUT2D eigenvalue weighted by molar-refractivity contribution is 0.110. The number of hydrogen-bond acceptors (Lipinski definition) is 2. The van der Waals surface area contributed by atoms with Gasteiger partial charge in [-0.2, -0.15) is 0 Å². The average Bonchev–Trinajstić information content (AvgIpc) is 2.19. The molecular weight excluding hydrogens is 186 g/mol. The number of rotatable bonds is 0. The summed E-state index contributed by atoms with van der Waals surface area (Å²) in [5.74, 6) is 0.356. The van der Waals surface area contributed by atoms with E-state index in [1.165, 1.54) is 16.7 Å². The number of nitrogens with two attached hydrogens (primary N) is 1. The Morgan fingerprint density at radius 3 is 2.53 bits per heavy atom. The topological polar surface area (TPSA) is 46.2 Å². The van der Waals surface area contributed by atoms with Crippen LogP contribution in [-0.4, -0.2) is 11.1 Å². The van der Waals surface area contributed by atoms with Gasteiger partial charge in [-0.05, 0) is 48.4 Å². The highest BCUT2D eigenvalue weighted by Crippen LogP contribution is 2.33. The van der Waals surface area contributed by atoms with Crippen molar-refractivity contribution in [2.24, 2.45) is 11.7 Å². The van der Waals surface area contributed by atoms with Gasteiger partial charge in [0, 0.05) is 6.04 Å². The summed E-state index contributed by atoms with van der Waals surface area (Å²) in [6.07, 6.45) is 0.484. The molecular formula is C13H19NO. The lowest BCUT2D eigenvalue weighted by atomic mass is 9.78. The minimum Gasteiger partial charge on any atom is -0.387 e. The van der Waals surface area contributed by atoms with Gasteiger partial charge in [-0.3, -0.25) is 0 Å². The summed E-state index contributed by atoms with van der Waals surface area (Å²) in [6, 6.07) is 4.15. The summed E-state index contributed by atoms with van der Waals surface area (Å²) >= 11 is 0. The van der Waals surface area contributed by atoms with Gasteiger partial charge in [-0.15, -0.1) is 0 Å². The molecule has 0 saturated heterocycles. The first-order valence-corrected chi connectivity index (χ1v) is 5.54. The Morgan fingerprint density at radius 1 is 1.27 bits per heavy atom. The molecule has 1 aliphatic carbocycles. The molecule has 1 aliphatic rings. The van der Waals surface area contributed by atoms with Crippen LogP contribution in [0.5, 0.6) is 0 Å². The van der Waals surface area contributed by atoms with Crippen LogP contribution < -0.4 is 5.73 Å². The fraction of sp³-hybridized carbons (Fsp3) is 0.538. The molecule has 0 radical (unpaired) electrons. The van der Waals surface area contributed by atoms with Crippen LogP contribution in [0.4, 0.5) is 0 Å². The minimum absolute atomic E-state index is 0.125. The van der Waals surface area contributed by atoms with Crippen LogP contribution in [0.25, 0.3) is 0 Å². The molecule has 0 saturated carbocycles. The Hall–Kier alpha value is -0.860. The number of aryl methyl sites for hydroxylation is 2. The van der Waals surface area contributed by atoms with E-state index >= 15 is 0 Å². The Labute approximate surface area is 91.1 Å². The third-order valence-corrected chi connectivity index (χ3v) is 3.64. The maximum Gasteiger partial charge on any atom is 0.0946 e. The van der Waals surface area contributed by atoms with Gasteiger partial charge in [0.2, 0.25) is 0 Å². The molecule has 3 N–H and O–H groups in total. The van der Waals surface area contributed by atoms with Crippen molar-refractivity contribution in [1.29, 1.82) is 0 Å². The summed E-state index contributed by atoms with van der Waals surface area (Å²) in [5, 5.41) is 10.1. The van der Waals surface area contributed by atoms with Gasteiger partial charge < -0.3 is 10.8 Å². The zero-order valence-electron chi connectivity index (χ0n) is 9.62. The highest BCUT2D eigenvalue weighted by molar-refractivity contribution is 5.41. The van der Waals surface area contributed by atoms with E-state index in [2.05, 4.69) is 32.9 Å². The molecule has 15 heavy (non-hydrogen) atoms. The lowest BCUT2D eigenvalue weighted by Crippen LogP contribution is -2.39. The normalized spacial score (nSPS) is 30.1. The van der Waals surface area contributed by atoms with Crippen LogP contribution >= 0.6 is 0 Å². The molecule has 2 rings (SSSR count). The molecule has 0 spiro atoms. The van der Waals surface area contributed by atoms with Crippen LogP contribution in [-0.2, 0) is 6.42 Å². The van der Waals surface area contributed by atoms with Crippen LogP contribution in [0.3, 0.4) is 0 Å². The fourth-order valence-corrected chi connectivity index (χ4v) is 2.35. The molecule has 1 aromatic rings. The van der Waals surface area contributed by atoms with E-state index in [1.807, 2.05) is 0 Å². The molecule has 0 heterocycles. The molecule has 2 heteroatoms. The lowest BCUT2D eigenvalue weighted by Gasteiger charge is -2.33.